The quantitative estimate of drug-likeness (QED) is 0.779. The monoisotopic (exact) mass is 210 g/mol. The molecule has 0 aromatic heterocycles. The number of rotatable bonds is 3. The van der Waals surface area contributed by atoms with Gasteiger partial charge in [-0.2, -0.15) is 0 Å². The molecule has 0 heterocycles. The van der Waals surface area contributed by atoms with Crippen LogP contribution in [-0.2, 0) is 11.2 Å². The van der Waals surface area contributed by atoms with Crippen molar-refractivity contribution in [1.29, 1.82) is 0 Å². The summed E-state index contributed by atoms with van der Waals surface area (Å²) in [5, 5.41) is 9.19. The van der Waals surface area contributed by atoms with Crippen molar-refractivity contribution in [2.75, 3.05) is 0 Å². The zero-order chi connectivity index (χ0) is 10.6. The van der Waals surface area contributed by atoms with Gasteiger partial charge in [-0.05, 0) is 31.0 Å². The molecule has 0 spiro atoms. The number of carbonyl (C=O) groups is 1. The third kappa shape index (κ3) is 3.62. The minimum Gasteiger partial charge on any atom is -0.478 e. The molecule has 0 aliphatic rings. The van der Waals surface area contributed by atoms with E-state index in [2.05, 4.69) is 0 Å². The van der Waals surface area contributed by atoms with E-state index >= 15 is 0 Å². The third-order valence-corrected chi connectivity index (χ3v) is 1.98. The molecule has 0 saturated heterocycles. The summed E-state index contributed by atoms with van der Waals surface area (Å²) in [4.78, 5) is 10.4. The van der Waals surface area contributed by atoms with Crippen molar-refractivity contribution >= 4 is 17.6 Å². The molecule has 14 heavy (non-hydrogen) atoms. The molecular formula is C11H11ClO2. The number of hydrogen-bond acceptors (Lipinski definition) is 1. The lowest BCUT2D eigenvalue weighted by molar-refractivity contribution is -0.131. The van der Waals surface area contributed by atoms with E-state index in [1.165, 1.54) is 6.08 Å². The number of benzene rings is 1. The molecule has 0 atom stereocenters. The smallest absolute Gasteiger partial charge is 0.328 e. The molecule has 1 aromatic rings. The van der Waals surface area contributed by atoms with Crippen LogP contribution in [0.4, 0.5) is 0 Å². The Bertz CT molecular complexity index is 369. The molecule has 1 N–H and O–H groups in total. The first-order chi connectivity index (χ1) is 6.58. The van der Waals surface area contributed by atoms with Crippen LogP contribution >= 0.6 is 11.6 Å². The van der Waals surface area contributed by atoms with Crippen LogP contribution in [0.25, 0.3) is 0 Å². The molecule has 0 amide bonds. The summed E-state index contributed by atoms with van der Waals surface area (Å²) in [5.41, 5.74) is 1.83. The first-order valence-corrected chi connectivity index (χ1v) is 4.60. The molecule has 0 saturated carbocycles. The number of halogens is 1. The largest absolute Gasteiger partial charge is 0.478 e. The maximum absolute atomic E-state index is 10.4. The fourth-order valence-electron chi connectivity index (χ4n) is 1.23. The van der Waals surface area contributed by atoms with Gasteiger partial charge in [-0.3, -0.25) is 0 Å². The van der Waals surface area contributed by atoms with Crippen LogP contribution in [0.1, 0.15) is 12.5 Å². The Morgan fingerprint density at radius 1 is 1.57 bits per heavy atom. The number of allylic oxidation sites excluding steroid dienone is 1. The van der Waals surface area contributed by atoms with Gasteiger partial charge in [-0.25, -0.2) is 4.79 Å². The number of hydrogen-bond donors (Lipinski definition) is 1. The highest BCUT2D eigenvalue weighted by Gasteiger charge is 1.98. The molecule has 0 bridgehead atoms. The Morgan fingerprint density at radius 2 is 2.29 bits per heavy atom. The van der Waals surface area contributed by atoms with Crippen molar-refractivity contribution in [3.8, 4) is 0 Å². The molecule has 3 heteroatoms. The molecule has 0 aliphatic heterocycles. The second-order valence-electron chi connectivity index (χ2n) is 3.14. The average molecular weight is 211 g/mol. The van der Waals surface area contributed by atoms with Crippen LogP contribution in [-0.4, -0.2) is 11.1 Å². The van der Waals surface area contributed by atoms with Gasteiger partial charge in [0.1, 0.15) is 0 Å². The summed E-state index contributed by atoms with van der Waals surface area (Å²) in [5.74, 6) is -0.912. The average Bonchev–Trinajstić information content (AvgIpc) is 2.01. The van der Waals surface area contributed by atoms with Gasteiger partial charge in [0.15, 0.2) is 0 Å². The number of carboxylic acids is 1. The fourth-order valence-corrected chi connectivity index (χ4v) is 1.44. The highest BCUT2D eigenvalue weighted by atomic mass is 35.5. The molecule has 0 unspecified atom stereocenters. The van der Waals surface area contributed by atoms with Crippen molar-refractivity contribution in [3.05, 3.63) is 46.5 Å². The van der Waals surface area contributed by atoms with E-state index in [1.807, 2.05) is 18.2 Å². The highest BCUT2D eigenvalue weighted by Crippen LogP contribution is 2.13. The van der Waals surface area contributed by atoms with E-state index in [4.69, 9.17) is 16.7 Å². The lowest BCUT2D eigenvalue weighted by atomic mass is 10.1. The molecular weight excluding hydrogens is 200 g/mol. The van der Waals surface area contributed by atoms with E-state index in [-0.39, 0.29) is 0 Å². The predicted molar refractivity (Wildman–Crippen MR) is 56.5 cm³/mol. The Labute approximate surface area is 87.8 Å². The summed E-state index contributed by atoms with van der Waals surface area (Å²) in [6.45, 7) is 1.79. The summed E-state index contributed by atoms with van der Waals surface area (Å²) in [6.07, 6.45) is 1.83. The second kappa shape index (κ2) is 4.82. The van der Waals surface area contributed by atoms with Gasteiger partial charge in [0.05, 0.1) is 0 Å². The lowest BCUT2D eigenvalue weighted by Crippen LogP contribution is -1.93. The maximum atomic E-state index is 10.4. The fraction of sp³-hybridized carbons (Fsp3) is 0.182. The van der Waals surface area contributed by atoms with E-state index in [0.29, 0.717) is 11.4 Å². The van der Waals surface area contributed by atoms with Crippen molar-refractivity contribution in [2.45, 2.75) is 13.3 Å². The van der Waals surface area contributed by atoms with E-state index in [1.54, 1.807) is 13.0 Å². The normalized spacial score (nSPS) is 11.4. The Balaban J connectivity index is 2.74. The van der Waals surface area contributed by atoms with Crippen molar-refractivity contribution in [3.63, 3.8) is 0 Å². The van der Waals surface area contributed by atoms with Crippen LogP contribution < -0.4 is 0 Å². The standard InChI is InChI=1S/C11H11ClO2/c1-8(6-11(13)14)5-9-3-2-4-10(12)7-9/h2-4,6-7H,5H2,1H3,(H,13,14)/b8-6+. The molecule has 0 aliphatic carbocycles. The minimum atomic E-state index is -0.912. The van der Waals surface area contributed by atoms with Crippen LogP contribution in [0.5, 0.6) is 0 Å². The van der Waals surface area contributed by atoms with Crippen LogP contribution in [0.2, 0.25) is 5.02 Å². The lowest BCUT2D eigenvalue weighted by Gasteiger charge is -2.01. The summed E-state index contributed by atoms with van der Waals surface area (Å²) < 4.78 is 0. The highest BCUT2D eigenvalue weighted by molar-refractivity contribution is 6.30. The Hall–Kier alpha value is -1.28. The maximum Gasteiger partial charge on any atom is 0.328 e. The van der Waals surface area contributed by atoms with E-state index in [0.717, 1.165) is 11.1 Å². The molecule has 0 radical (unpaired) electrons. The van der Waals surface area contributed by atoms with Gasteiger partial charge in [0, 0.05) is 11.1 Å². The third-order valence-electron chi connectivity index (χ3n) is 1.74. The summed E-state index contributed by atoms with van der Waals surface area (Å²) in [7, 11) is 0. The van der Waals surface area contributed by atoms with Crippen molar-refractivity contribution < 1.29 is 9.90 Å². The topological polar surface area (TPSA) is 37.3 Å². The molecule has 74 valence electrons. The van der Waals surface area contributed by atoms with Crippen LogP contribution in [0, 0.1) is 0 Å². The summed E-state index contributed by atoms with van der Waals surface area (Å²) in [6, 6.07) is 7.40. The number of carboxylic acid groups (broad SMARTS) is 1. The van der Waals surface area contributed by atoms with Crippen LogP contribution in [0.15, 0.2) is 35.9 Å². The van der Waals surface area contributed by atoms with Crippen molar-refractivity contribution in [1.82, 2.24) is 0 Å². The van der Waals surface area contributed by atoms with Gasteiger partial charge in [-0.15, -0.1) is 0 Å². The minimum absolute atomic E-state index is 0.618. The second-order valence-corrected chi connectivity index (χ2v) is 3.57. The van der Waals surface area contributed by atoms with Crippen LogP contribution in [0.3, 0.4) is 0 Å². The zero-order valence-corrected chi connectivity index (χ0v) is 8.58. The van der Waals surface area contributed by atoms with E-state index in [9.17, 15) is 4.79 Å². The van der Waals surface area contributed by atoms with Gasteiger partial charge >= 0.3 is 5.97 Å². The SMILES string of the molecule is C/C(=C\C(=O)O)Cc1cccc(Cl)c1. The summed E-state index contributed by atoms with van der Waals surface area (Å²) >= 11 is 5.80. The Morgan fingerprint density at radius 3 is 2.86 bits per heavy atom. The molecule has 2 nitrogen and oxygen atoms in total. The first kappa shape index (κ1) is 10.8. The van der Waals surface area contributed by atoms with Gasteiger partial charge in [0.2, 0.25) is 0 Å². The van der Waals surface area contributed by atoms with Gasteiger partial charge < -0.3 is 5.11 Å². The molecule has 0 fully saturated rings. The molecule has 1 rings (SSSR count). The first-order valence-electron chi connectivity index (χ1n) is 4.22. The Kier molecular flexibility index (Phi) is 3.72. The molecule has 1 aromatic carbocycles. The predicted octanol–water partition coefficient (Wildman–Crippen LogP) is 2.91. The number of aliphatic carboxylic acids is 1. The van der Waals surface area contributed by atoms with E-state index < -0.39 is 5.97 Å². The van der Waals surface area contributed by atoms with Gasteiger partial charge in [0.25, 0.3) is 0 Å². The van der Waals surface area contributed by atoms with Gasteiger partial charge in [-0.1, -0.05) is 29.3 Å². The zero-order valence-electron chi connectivity index (χ0n) is 7.83. The van der Waals surface area contributed by atoms with Crippen molar-refractivity contribution in [2.24, 2.45) is 0 Å².